The Morgan fingerprint density at radius 2 is 1.43 bits per heavy atom. The van der Waals surface area contributed by atoms with Gasteiger partial charge in [-0.25, -0.2) is 0 Å². The van der Waals surface area contributed by atoms with Gasteiger partial charge in [-0.2, -0.15) is 0 Å². The normalized spacial score (nSPS) is 31.5. The zero-order chi connectivity index (χ0) is 33.4. The van der Waals surface area contributed by atoms with Crippen molar-refractivity contribution in [2.24, 2.45) is 0 Å². The molecule has 2 fully saturated rings. The third-order valence-corrected chi connectivity index (χ3v) is 7.84. The van der Waals surface area contributed by atoms with Crippen molar-refractivity contribution in [2.45, 2.75) is 61.4 Å². The highest BCUT2D eigenvalue weighted by atomic mass is 16.7. The van der Waals surface area contributed by atoms with Gasteiger partial charge < -0.3 is 78.8 Å². The maximum atomic E-state index is 13.5. The van der Waals surface area contributed by atoms with Gasteiger partial charge in [0.2, 0.25) is 17.5 Å². The Kier molecular flexibility index (Phi) is 9.89. The lowest BCUT2D eigenvalue weighted by Gasteiger charge is -2.42. The van der Waals surface area contributed by atoms with Gasteiger partial charge in [0.25, 0.3) is 0 Å². The molecule has 0 bridgehead atoms. The number of phenolic OH excluding ortho intramolecular Hbond substituents is 2. The van der Waals surface area contributed by atoms with Gasteiger partial charge >= 0.3 is 0 Å². The molecule has 17 nitrogen and oxygen atoms in total. The van der Waals surface area contributed by atoms with Gasteiger partial charge in [-0.3, -0.25) is 4.79 Å². The number of rotatable bonds is 9. The zero-order valence-electron chi connectivity index (χ0n) is 24.4. The van der Waals surface area contributed by atoms with Crippen LogP contribution in [0.3, 0.4) is 0 Å². The zero-order valence-corrected chi connectivity index (χ0v) is 24.4. The number of aliphatic hydroxyl groups excluding tert-OH is 7. The number of aliphatic hydroxyl groups is 7. The van der Waals surface area contributed by atoms with E-state index in [9.17, 15) is 50.8 Å². The Labute approximate surface area is 259 Å². The van der Waals surface area contributed by atoms with Gasteiger partial charge in [0.15, 0.2) is 29.3 Å². The van der Waals surface area contributed by atoms with E-state index in [-0.39, 0.29) is 39.5 Å². The molecule has 0 aliphatic carbocycles. The molecule has 2 aliphatic rings. The fourth-order valence-electron chi connectivity index (χ4n) is 5.23. The lowest BCUT2D eigenvalue weighted by Crippen LogP contribution is -2.62. The van der Waals surface area contributed by atoms with Crippen LogP contribution in [0.5, 0.6) is 28.7 Å². The van der Waals surface area contributed by atoms with Crippen molar-refractivity contribution >= 4 is 11.0 Å². The second kappa shape index (κ2) is 13.5. The first-order valence-corrected chi connectivity index (χ1v) is 13.9. The number of ether oxygens (including phenoxy) is 6. The Morgan fingerprint density at radius 1 is 0.783 bits per heavy atom. The van der Waals surface area contributed by atoms with Crippen molar-refractivity contribution in [1.29, 1.82) is 0 Å². The molecule has 0 spiro atoms. The first-order valence-electron chi connectivity index (χ1n) is 13.9. The summed E-state index contributed by atoms with van der Waals surface area (Å²) in [6.07, 6.45) is -15.5. The van der Waals surface area contributed by atoms with Crippen LogP contribution in [0.15, 0.2) is 39.7 Å². The van der Waals surface area contributed by atoms with Crippen molar-refractivity contribution < 1.29 is 78.8 Å². The second-order valence-electron chi connectivity index (χ2n) is 10.7. The van der Waals surface area contributed by atoms with Gasteiger partial charge in [-0.05, 0) is 17.7 Å². The molecule has 17 heteroatoms. The predicted molar refractivity (Wildman–Crippen MR) is 151 cm³/mol. The molecular weight excluding hydrogens is 620 g/mol. The van der Waals surface area contributed by atoms with E-state index >= 15 is 0 Å². The Bertz CT molecular complexity index is 1590. The highest BCUT2D eigenvalue weighted by molar-refractivity contribution is 5.91. The van der Waals surface area contributed by atoms with Crippen LogP contribution in [0.2, 0.25) is 0 Å². The van der Waals surface area contributed by atoms with Gasteiger partial charge in [0, 0.05) is 6.07 Å². The van der Waals surface area contributed by atoms with Crippen molar-refractivity contribution in [3.63, 3.8) is 0 Å². The molecule has 0 unspecified atom stereocenters. The largest absolute Gasteiger partial charge is 0.504 e. The fourth-order valence-corrected chi connectivity index (χ4v) is 5.23. The van der Waals surface area contributed by atoms with E-state index in [0.29, 0.717) is 5.56 Å². The lowest BCUT2D eigenvalue weighted by atomic mass is 9.98. The molecule has 5 rings (SSSR count). The third-order valence-electron chi connectivity index (χ3n) is 7.84. The third kappa shape index (κ3) is 6.05. The summed E-state index contributed by atoms with van der Waals surface area (Å²) in [6, 6.07) is 5.33. The number of aromatic hydroxyl groups is 2. The molecule has 0 radical (unpaired) electrons. The number of fused-ring (bicyclic) bond motifs is 1. The number of phenols is 2. The van der Waals surface area contributed by atoms with Gasteiger partial charge in [0.1, 0.15) is 66.1 Å². The van der Waals surface area contributed by atoms with Crippen LogP contribution in [-0.4, -0.2) is 135 Å². The summed E-state index contributed by atoms with van der Waals surface area (Å²) in [5.41, 5.74) is -0.509. The van der Waals surface area contributed by atoms with E-state index in [1.165, 1.54) is 31.4 Å². The molecule has 252 valence electrons. The first-order chi connectivity index (χ1) is 21.9. The van der Waals surface area contributed by atoms with Gasteiger partial charge in [-0.15, -0.1) is 0 Å². The molecule has 3 aromatic rings. The maximum absolute atomic E-state index is 13.5. The Balaban J connectivity index is 1.40. The summed E-state index contributed by atoms with van der Waals surface area (Å²) in [7, 11) is 2.50. The van der Waals surface area contributed by atoms with Crippen molar-refractivity contribution in [3.05, 3.63) is 40.8 Å². The quantitative estimate of drug-likeness (QED) is 0.119. The van der Waals surface area contributed by atoms with Gasteiger partial charge in [-0.1, -0.05) is 6.07 Å². The number of methoxy groups -OCH3 is 2. The van der Waals surface area contributed by atoms with Crippen molar-refractivity contribution in [1.82, 2.24) is 0 Å². The van der Waals surface area contributed by atoms with Crippen LogP contribution in [0, 0.1) is 0 Å². The molecule has 10 atom stereocenters. The summed E-state index contributed by atoms with van der Waals surface area (Å²) in [6.45, 7) is -1.31. The van der Waals surface area contributed by atoms with Crippen molar-refractivity contribution in [2.75, 3.05) is 27.4 Å². The van der Waals surface area contributed by atoms with Crippen molar-refractivity contribution in [3.8, 4) is 39.9 Å². The molecule has 1 aromatic heterocycles. The van der Waals surface area contributed by atoms with Gasteiger partial charge in [0.05, 0.1) is 33.0 Å². The minimum Gasteiger partial charge on any atom is -0.504 e. The van der Waals surface area contributed by atoms with E-state index in [4.69, 9.17) is 32.8 Å². The van der Waals surface area contributed by atoms with E-state index in [2.05, 4.69) is 0 Å². The molecule has 3 heterocycles. The Hall–Kier alpha value is -3.75. The summed E-state index contributed by atoms with van der Waals surface area (Å²) >= 11 is 0. The molecule has 2 aromatic carbocycles. The topological polar surface area (TPSA) is 268 Å². The van der Waals surface area contributed by atoms with Crippen LogP contribution in [-0.2, 0) is 14.2 Å². The highest BCUT2D eigenvalue weighted by Crippen LogP contribution is 2.43. The molecule has 0 saturated carbocycles. The average Bonchev–Trinajstić information content (AvgIpc) is 3.04. The minimum atomic E-state index is -1.86. The smallest absolute Gasteiger partial charge is 0.229 e. The lowest BCUT2D eigenvalue weighted by molar-refractivity contribution is -0.323. The highest BCUT2D eigenvalue weighted by Gasteiger charge is 2.48. The van der Waals surface area contributed by atoms with Crippen LogP contribution >= 0.6 is 0 Å². The fraction of sp³-hybridized carbons (Fsp3) is 0.483. The van der Waals surface area contributed by atoms with E-state index in [0.717, 1.165) is 13.4 Å². The van der Waals surface area contributed by atoms with E-state index < -0.39 is 85.8 Å². The predicted octanol–water partition coefficient (Wildman–Crippen LogP) is -2.11. The maximum Gasteiger partial charge on any atom is 0.229 e. The summed E-state index contributed by atoms with van der Waals surface area (Å²) in [5, 5.41) is 91.9. The summed E-state index contributed by atoms with van der Waals surface area (Å²) in [4.78, 5) is 13.5. The average molecular weight is 655 g/mol. The SMILES string of the molecule is COc1cc(-c2coc3cc(O[C@@H]4O[C@H](CO[C@@H]5O[C@H](CO)[C@@H](O)[C@@H](O)[C@H]5O)[C@@H](O)[C@@H](O)[C@H]4O)c(OC)c(O)c3c2=O)ccc1O. The number of hydrogen-bond acceptors (Lipinski definition) is 17. The van der Waals surface area contributed by atoms with E-state index in [1.807, 2.05) is 0 Å². The minimum absolute atomic E-state index is 0.0159. The monoisotopic (exact) mass is 654 g/mol. The van der Waals surface area contributed by atoms with Crippen LogP contribution in [0.4, 0.5) is 0 Å². The molecule has 2 saturated heterocycles. The number of benzene rings is 2. The van der Waals surface area contributed by atoms with Crippen LogP contribution in [0.25, 0.3) is 22.1 Å². The standard InChI is InChI=1S/C29H34O17/c1-40-13-5-10(3-4-12(13)31)11-8-42-14-6-15(27(41-2)22(35)18(14)19(11)32)44-29-26(39)24(37)21(34)17(46-29)9-43-28-25(38)23(36)20(33)16(7-30)45-28/h3-6,8,16-17,20-21,23-26,28-31,33-39H,7,9H2,1-2H3/t16-,17-,20-,21-,23-,24-,25-,26-,28-,29-/m1/s1. The molecule has 0 amide bonds. The second-order valence-corrected chi connectivity index (χ2v) is 10.7. The van der Waals surface area contributed by atoms with E-state index in [1.54, 1.807) is 0 Å². The Morgan fingerprint density at radius 3 is 2.09 bits per heavy atom. The summed E-state index contributed by atoms with van der Waals surface area (Å²) < 4.78 is 38.0. The van der Waals surface area contributed by atoms with Crippen LogP contribution in [0.1, 0.15) is 0 Å². The summed E-state index contributed by atoms with van der Waals surface area (Å²) in [5.74, 6) is -1.42. The molecule has 9 N–H and O–H groups in total. The molecule has 2 aliphatic heterocycles. The molecule has 46 heavy (non-hydrogen) atoms. The number of hydrogen-bond donors (Lipinski definition) is 9. The first kappa shape index (κ1) is 33.6. The van der Waals surface area contributed by atoms with Crippen LogP contribution < -0.4 is 19.6 Å². The molecular formula is C29H34O17.